The van der Waals surface area contributed by atoms with Crippen LogP contribution in [0.1, 0.15) is 32.6 Å². The van der Waals surface area contributed by atoms with Gasteiger partial charge in [0.25, 0.3) is 0 Å². The van der Waals surface area contributed by atoms with E-state index in [0.29, 0.717) is 0 Å². The molecule has 1 saturated carbocycles. The molecule has 6 atom stereocenters. The highest BCUT2D eigenvalue weighted by Gasteiger charge is 2.64. The van der Waals surface area contributed by atoms with Gasteiger partial charge in [0.05, 0.1) is 32.0 Å². The van der Waals surface area contributed by atoms with Gasteiger partial charge in [0, 0.05) is 5.33 Å². The van der Waals surface area contributed by atoms with Crippen LogP contribution in [-0.4, -0.2) is 47.5 Å². The molecule has 0 unspecified atom stereocenters. The second kappa shape index (κ2) is 17.7. The number of halogens is 2. The van der Waals surface area contributed by atoms with Crippen LogP contribution in [-0.2, 0) is 50.1 Å². The first-order valence-corrected chi connectivity index (χ1v) is 17.8. The predicted molar refractivity (Wildman–Crippen MR) is 193 cm³/mol. The summed E-state index contributed by atoms with van der Waals surface area (Å²) >= 11 is 3.46. The Morgan fingerprint density at radius 3 is 1.24 bits per heavy atom. The molecule has 1 aliphatic carbocycles. The van der Waals surface area contributed by atoms with Gasteiger partial charge in [-0.25, -0.2) is 9.18 Å². The monoisotopic (exact) mass is 738 g/mol. The number of benzene rings is 5. The van der Waals surface area contributed by atoms with E-state index in [1.54, 1.807) is 30.3 Å². The van der Waals surface area contributed by atoms with E-state index in [-0.39, 0.29) is 37.3 Å². The summed E-state index contributed by atoms with van der Waals surface area (Å²) in [4.78, 5) is 13.7. The van der Waals surface area contributed by atoms with E-state index >= 15 is 4.39 Å². The molecule has 0 aliphatic heterocycles. The molecule has 0 spiro atoms. The fourth-order valence-electron chi connectivity index (χ4n) is 6.16. The van der Waals surface area contributed by atoms with E-state index in [1.807, 2.05) is 121 Å². The number of alkyl halides is 2. The quantitative estimate of drug-likeness (QED) is 0.0792. The minimum Gasteiger partial charge on any atom is -0.452 e. The number of carbonyl (C=O) groups excluding carboxylic acids is 1. The van der Waals surface area contributed by atoms with E-state index in [9.17, 15) is 4.79 Å². The normalized spacial score (nSPS) is 23.3. The van der Waals surface area contributed by atoms with E-state index < -0.39 is 42.2 Å². The third kappa shape index (κ3) is 8.94. The number of rotatable bonds is 15. The lowest BCUT2D eigenvalue weighted by atomic mass is 9.76. The predicted octanol–water partition coefficient (Wildman–Crippen LogP) is 8.67. The van der Waals surface area contributed by atoms with Crippen LogP contribution >= 0.6 is 15.9 Å². The van der Waals surface area contributed by atoms with Crippen molar-refractivity contribution in [3.8, 4) is 0 Å². The smallest absolute Gasteiger partial charge is 0.338 e. The highest BCUT2D eigenvalue weighted by atomic mass is 79.9. The van der Waals surface area contributed by atoms with Crippen LogP contribution in [0.5, 0.6) is 0 Å². The molecule has 1 fully saturated rings. The van der Waals surface area contributed by atoms with Gasteiger partial charge in [-0.15, -0.1) is 0 Å². The van der Waals surface area contributed by atoms with Crippen LogP contribution in [0.15, 0.2) is 152 Å². The first kappa shape index (κ1) is 35.6. The fourth-order valence-corrected chi connectivity index (χ4v) is 6.80. The first-order valence-electron chi connectivity index (χ1n) is 16.7. The van der Waals surface area contributed by atoms with Crippen molar-refractivity contribution in [2.24, 2.45) is 0 Å². The molecule has 1 aliphatic rings. The summed E-state index contributed by atoms with van der Waals surface area (Å²) < 4.78 is 50.9. The summed E-state index contributed by atoms with van der Waals surface area (Å²) in [6.07, 6.45) is -5.67. The Hall–Kier alpha value is -4.18. The standard InChI is InChI=1S/C42H40BrFO6/c43-30-42(44)39(49-29-34-22-12-4-13-23-34)37(47-27-32-18-8-2-9-19-32)36(46-26-31-16-6-1-7-17-31)38(48-28-33-20-10-3-11-21-33)40(42)50-41(45)35-24-14-5-15-25-35/h1-25,36-40H,26-30H2/t36-,37-,38+,39+,40-,42+/m0/s1. The second-order valence-electron chi connectivity index (χ2n) is 12.3. The average Bonchev–Trinajstić information content (AvgIpc) is 3.18. The molecule has 6 rings (SSSR count). The van der Waals surface area contributed by atoms with Crippen molar-refractivity contribution in [2.75, 3.05) is 5.33 Å². The zero-order valence-electron chi connectivity index (χ0n) is 27.6. The van der Waals surface area contributed by atoms with Crippen LogP contribution in [0.25, 0.3) is 0 Å². The minimum atomic E-state index is -2.31. The maximum atomic E-state index is 18.2. The maximum absolute atomic E-state index is 18.2. The average molecular weight is 740 g/mol. The zero-order valence-corrected chi connectivity index (χ0v) is 29.1. The Balaban J connectivity index is 1.43. The molecule has 6 nitrogen and oxygen atoms in total. The van der Waals surface area contributed by atoms with Gasteiger partial charge >= 0.3 is 5.97 Å². The van der Waals surface area contributed by atoms with Gasteiger partial charge in [0.1, 0.15) is 24.4 Å². The van der Waals surface area contributed by atoms with Crippen molar-refractivity contribution in [1.82, 2.24) is 0 Å². The molecule has 0 amide bonds. The third-order valence-electron chi connectivity index (χ3n) is 8.77. The summed E-state index contributed by atoms with van der Waals surface area (Å²) in [5.41, 5.74) is 1.52. The molecule has 50 heavy (non-hydrogen) atoms. The molecule has 0 aromatic heterocycles. The van der Waals surface area contributed by atoms with Crippen LogP contribution in [0.2, 0.25) is 0 Å². The second-order valence-corrected chi connectivity index (χ2v) is 12.8. The Morgan fingerprint density at radius 1 is 0.500 bits per heavy atom. The summed E-state index contributed by atoms with van der Waals surface area (Å²) in [6.45, 7) is 0.561. The number of hydrogen-bond donors (Lipinski definition) is 0. The Bertz CT molecular complexity index is 1730. The third-order valence-corrected chi connectivity index (χ3v) is 9.63. The molecule has 0 saturated heterocycles. The molecule has 5 aromatic rings. The van der Waals surface area contributed by atoms with Crippen molar-refractivity contribution < 1.29 is 32.9 Å². The molecule has 0 N–H and O–H groups in total. The van der Waals surface area contributed by atoms with Gasteiger partial charge in [-0.1, -0.05) is 155 Å². The largest absolute Gasteiger partial charge is 0.452 e. The van der Waals surface area contributed by atoms with Crippen LogP contribution in [0, 0.1) is 0 Å². The van der Waals surface area contributed by atoms with Gasteiger partial charge in [-0.3, -0.25) is 0 Å². The summed E-state index contributed by atoms with van der Waals surface area (Å²) in [7, 11) is 0. The topological polar surface area (TPSA) is 63.2 Å². The van der Waals surface area contributed by atoms with Crippen LogP contribution < -0.4 is 0 Å². The molecular weight excluding hydrogens is 699 g/mol. The van der Waals surface area contributed by atoms with Crippen molar-refractivity contribution in [1.29, 1.82) is 0 Å². The highest BCUT2D eigenvalue weighted by molar-refractivity contribution is 9.09. The molecule has 258 valence electrons. The van der Waals surface area contributed by atoms with E-state index in [2.05, 4.69) is 15.9 Å². The van der Waals surface area contributed by atoms with Crippen molar-refractivity contribution in [3.05, 3.63) is 179 Å². The van der Waals surface area contributed by atoms with Crippen LogP contribution in [0.3, 0.4) is 0 Å². The molecule has 0 bridgehead atoms. The van der Waals surface area contributed by atoms with Crippen molar-refractivity contribution >= 4 is 21.9 Å². The Labute approximate surface area is 301 Å². The van der Waals surface area contributed by atoms with Gasteiger partial charge < -0.3 is 23.7 Å². The van der Waals surface area contributed by atoms with Crippen molar-refractivity contribution in [3.63, 3.8) is 0 Å². The molecule has 0 radical (unpaired) electrons. The lowest BCUT2D eigenvalue weighted by Crippen LogP contribution is -2.72. The summed E-state index contributed by atoms with van der Waals surface area (Å²) in [5.74, 6) is -0.681. The number of esters is 1. The fraction of sp³-hybridized carbons (Fsp3) is 0.262. The van der Waals surface area contributed by atoms with Gasteiger partial charge in [-0.2, -0.15) is 0 Å². The van der Waals surface area contributed by atoms with Gasteiger partial charge in [-0.05, 0) is 34.4 Å². The first-order chi connectivity index (χ1) is 24.5. The number of carbonyl (C=O) groups is 1. The van der Waals surface area contributed by atoms with Crippen molar-refractivity contribution in [2.45, 2.75) is 62.6 Å². The van der Waals surface area contributed by atoms with E-state index in [0.717, 1.165) is 22.3 Å². The van der Waals surface area contributed by atoms with Crippen LogP contribution in [0.4, 0.5) is 4.39 Å². The lowest BCUT2D eigenvalue weighted by Gasteiger charge is -2.52. The zero-order chi connectivity index (χ0) is 34.6. The minimum absolute atomic E-state index is 0.0929. The highest BCUT2D eigenvalue weighted by Crippen LogP contribution is 2.43. The summed E-state index contributed by atoms with van der Waals surface area (Å²) in [6, 6.07) is 47.1. The molecule has 5 aromatic carbocycles. The Morgan fingerprint density at radius 2 is 0.840 bits per heavy atom. The van der Waals surface area contributed by atoms with E-state index in [1.165, 1.54) is 0 Å². The maximum Gasteiger partial charge on any atom is 0.338 e. The lowest BCUT2D eigenvalue weighted by molar-refractivity contribution is -0.284. The van der Waals surface area contributed by atoms with Gasteiger partial charge in [0.2, 0.25) is 0 Å². The summed E-state index contributed by atoms with van der Waals surface area (Å²) in [5, 5.41) is -0.228. The molecular formula is C42H40BrFO6. The Kier molecular flexibility index (Phi) is 12.6. The van der Waals surface area contributed by atoms with E-state index in [4.69, 9.17) is 23.7 Å². The van der Waals surface area contributed by atoms with Gasteiger partial charge in [0.15, 0.2) is 11.8 Å². The SMILES string of the molecule is O=C(O[C@H]1[C@H](OCc2ccccc2)[C@@H](OCc2ccccc2)[C@H](OCc2ccccc2)[C@@H](OCc2ccccc2)[C@]1(F)CBr)c1ccccc1. The molecule has 0 heterocycles. The molecule has 8 heteroatoms. The number of ether oxygens (including phenoxy) is 5. The number of hydrogen-bond acceptors (Lipinski definition) is 6.